The maximum Gasteiger partial charge on any atom is 0.326 e. The molecule has 7 nitrogen and oxygen atoms in total. The van der Waals surface area contributed by atoms with E-state index in [1.54, 1.807) is 0 Å². The molecule has 0 fully saturated rings. The van der Waals surface area contributed by atoms with Gasteiger partial charge in [0.15, 0.2) is 0 Å². The van der Waals surface area contributed by atoms with Crippen molar-refractivity contribution >= 4 is 44.2 Å². The van der Waals surface area contributed by atoms with Crippen molar-refractivity contribution in [1.82, 2.24) is 15.0 Å². The van der Waals surface area contributed by atoms with Gasteiger partial charge in [0.2, 0.25) is 0 Å². The highest BCUT2D eigenvalue weighted by Crippen LogP contribution is 2.37. The van der Waals surface area contributed by atoms with E-state index in [0.29, 0.717) is 18.8 Å². The number of H-pyrrole nitrogens is 1. The fraction of sp³-hybridized carbons (Fsp3) is 0.160. The number of aliphatic carboxylic acids is 1. The summed E-state index contributed by atoms with van der Waals surface area (Å²) in [6.45, 7) is 2.56. The summed E-state index contributed by atoms with van der Waals surface area (Å²) in [6.07, 6.45) is 3.65. The number of benzene rings is 2. The van der Waals surface area contributed by atoms with Gasteiger partial charge in [-0.25, -0.2) is 14.8 Å². The van der Waals surface area contributed by atoms with E-state index >= 15 is 0 Å². The van der Waals surface area contributed by atoms with Crippen LogP contribution in [0.2, 0.25) is 0 Å². The van der Waals surface area contributed by atoms with Crippen LogP contribution in [0.1, 0.15) is 12.5 Å². The lowest BCUT2D eigenvalue weighted by atomic mass is 10.0. The average Bonchev–Trinajstić information content (AvgIpc) is 3.44. The molecule has 1 atom stereocenters. The number of carboxylic acids is 1. The number of fused-ring (bicyclic) bond motifs is 2. The second-order valence-electron chi connectivity index (χ2n) is 7.61. The number of nitrogens with zero attached hydrogens (tertiary/aromatic N) is 2. The van der Waals surface area contributed by atoms with Gasteiger partial charge in [0.05, 0.1) is 12.0 Å². The second kappa shape index (κ2) is 8.91. The molecule has 0 aliphatic rings. The Morgan fingerprint density at radius 1 is 1.18 bits per heavy atom. The highest BCUT2D eigenvalue weighted by Gasteiger charge is 2.23. The van der Waals surface area contributed by atoms with E-state index in [4.69, 9.17) is 4.74 Å². The van der Waals surface area contributed by atoms with Crippen molar-refractivity contribution in [3.05, 3.63) is 72.0 Å². The van der Waals surface area contributed by atoms with E-state index in [2.05, 4.69) is 20.3 Å². The quantitative estimate of drug-likeness (QED) is 0.290. The molecule has 33 heavy (non-hydrogen) atoms. The summed E-state index contributed by atoms with van der Waals surface area (Å²) in [5, 5.41) is 17.0. The molecule has 0 bridgehead atoms. The van der Waals surface area contributed by atoms with E-state index < -0.39 is 12.0 Å². The lowest BCUT2D eigenvalue weighted by molar-refractivity contribution is -0.137. The second-order valence-corrected chi connectivity index (χ2v) is 8.47. The summed E-state index contributed by atoms with van der Waals surface area (Å²) in [5.41, 5.74) is 3.87. The van der Waals surface area contributed by atoms with Gasteiger partial charge in [-0.05, 0) is 36.2 Å². The van der Waals surface area contributed by atoms with E-state index in [0.717, 1.165) is 43.6 Å². The van der Waals surface area contributed by atoms with Crippen molar-refractivity contribution in [1.29, 1.82) is 0 Å². The predicted molar refractivity (Wildman–Crippen MR) is 131 cm³/mol. The number of hydrogen-bond donors (Lipinski definition) is 3. The molecule has 0 aliphatic carbocycles. The number of carbonyl (C=O) groups is 1. The number of carboxylic acid groups (broad SMARTS) is 1. The van der Waals surface area contributed by atoms with Gasteiger partial charge in [-0.2, -0.15) is 0 Å². The Bertz CT molecular complexity index is 1420. The minimum atomic E-state index is -0.940. The monoisotopic (exact) mass is 458 g/mol. The van der Waals surface area contributed by atoms with E-state index in [1.807, 2.05) is 67.0 Å². The first-order valence-corrected chi connectivity index (χ1v) is 11.5. The molecule has 0 amide bonds. The average molecular weight is 459 g/mol. The molecule has 0 spiro atoms. The van der Waals surface area contributed by atoms with Crippen molar-refractivity contribution in [3.63, 3.8) is 0 Å². The zero-order valence-corrected chi connectivity index (χ0v) is 18.7. The molecule has 8 heteroatoms. The van der Waals surface area contributed by atoms with E-state index in [9.17, 15) is 9.90 Å². The summed E-state index contributed by atoms with van der Waals surface area (Å²) in [5.74, 6) is 0.377. The third-order valence-corrected chi connectivity index (χ3v) is 6.44. The van der Waals surface area contributed by atoms with Crippen LogP contribution in [0.4, 0.5) is 5.82 Å². The molecule has 3 aromatic heterocycles. The summed E-state index contributed by atoms with van der Waals surface area (Å²) in [6, 6.07) is 14.9. The Morgan fingerprint density at radius 3 is 2.79 bits per heavy atom. The molecular formula is C25H22N4O3S. The molecule has 3 N–H and O–H groups in total. The smallest absolute Gasteiger partial charge is 0.326 e. The van der Waals surface area contributed by atoms with Gasteiger partial charge in [-0.1, -0.05) is 30.3 Å². The number of para-hydroxylation sites is 1. The third kappa shape index (κ3) is 4.12. The Hall–Kier alpha value is -3.91. The minimum absolute atomic E-state index is 0.313. The van der Waals surface area contributed by atoms with Gasteiger partial charge >= 0.3 is 5.97 Å². The number of anilines is 1. The number of hydrogen-bond acceptors (Lipinski definition) is 6. The fourth-order valence-corrected chi connectivity index (χ4v) is 4.90. The molecule has 5 aromatic rings. The molecule has 3 heterocycles. The Morgan fingerprint density at radius 2 is 2.00 bits per heavy atom. The first-order valence-electron chi connectivity index (χ1n) is 10.6. The first kappa shape index (κ1) is 21.0. The van der Waals surface area contributed by atoms with Gasteiger partial charge in [0, 0.05) is 34.5 Å². The van der Waals surface area contributed by atoms with Crippen molar-refractivity contribution in [3.8, 4) is 16.9 Å². The van der Waals surface area contributed by atoms with Crippen LogP contribution in [-0.4, -0.2) is 38.7 Å². The number of rotatable bonds is 8. The number of nitrogens with one attached hydrogen (secondary N) is 2. The lowest BCUT2D eigenvalue weighted by Crippen LogP contribution is -2.32. The Labute approximate surface area is 194 Å². The van der Waals surface area contributed by atoms with Crippen LogP contribution < -0.4 is 10.1 Å². The van der Waals surface area contributed by atoms with Gasteiger partial charge < -0.3 is 20.1 Å². The van der Waals surface area contributed by atoms with Crippen LogP contribution in [0.25, 0.3) is 32.2 Å². The summed E-state index contributed by atoms with van der Waals surface area (Å²) in [7, 11) is 0. The highest BCUT2D eigenvalue weighted by molar-refractivity contribution is 7.17. The van der Waals surface area contributed by atoms with Crippen molar-refractivity contribution in [2.24, 2.45) is 0 Å². The number of aromatic amines is 1. The highest BCUT2D eigenvalue weighted by atomic mass is 32.1. The van der Waals surface area contributed by atoms with Gasteiger partial charge in [-0.15, -0.1) is 11.3 Å². The Balaban J connectivity index is 1.49. The molecule has 166 valence electrons. The molecule has 2 aromatic carbocycles. The topological polar surface area (TPSA) is 100 Å². The van der Waals surface area contributed by atoms with Crippen LogP contribution in [0.3, 0.4) is 0 Å². The molecular weight excluding hydrogens is 436 g/mol. The van der Waals surface area contributed by atoms with Crippen LogP contribution in [0.15, 0.2) is 66.4 Å². The maximum atomic E-state index is 12.2. The number of ether oxygens (including phenoxy) is 1. The minimum Gasteiger partial charge on any atom is -0.494 e. The number of aromatic nitrogens is 3. The van der Waals surface area contributed by atoms with Gasteiger partial charge in [-0.3, -0.25) is 0 Å². The molecule has 0 radical (unpaired) electrons. The molecule has 1 unspecified atom stereocenters. The van der Waals surface area contributed by atoms with Crippen molar-refractivity contribution in [2.75, 3.05) is 11.9 Å². The first-order chi connectivity index (χ1) is 16.1. The molecule has 0 aliphatic heterocycles. The zero-order valence-electron chi connectivity index (χ0n) is 17.9. The van der Waals surface area contributed by atoms with Crippen molar-refractivity contribution < 1.29 is 14.6 Å². The largest absolute Gasteiger partial charge is 0.494 e. The van der Waals surface area contributed by atoms with E-state index in [1.165, 1.54) is 17.7 Å². The maximum absolute atomic E-state index is 12.2. The van der Waals surface area contributed by atoms with Crippen LogP contribution in [0.5, 0.6) is 5.75 Å². The molecule has 0 saturated carbocycles. The van der Waals surface area contributed by atoms with Gasteiger partial charge in [0.25, 0.3) is 0 Å². The predicted octanol–water partition coefficient (Wildman–Crippen LogP) is 5.35. The lowest BCUT2D eigenvalue weighted by Gasteiger charge is -2.16. The SMILES string of the molecule is CCOc1ccc(-c2csc3ncnc(NC(Cc4c[nH]c5ccccc45)C(=O)O)c23)cc1. The standard InChI is InChI=1S/C25H22N4O3S/c1-2-32-17-9-7-15(8-10-17)19-13-33-24-22(19)23(27-14-28-24)29-21(25(30)31)11-16-12-26-20-6-4-3-5-18(16)20/h3-10,12-14,21,26H,2,11H2,1H3,(H,30,31)(H,27,28,29). The van der Waals surface area contributed by atoms with Crippen LogP contribution in [-0.2, 0) is 11.2 Å². The van der Waals surface area contributed by atoms with Crippen molar-refractivity contribution in [2.45, 2.75) is 19.4 Å². The van der Waals surface area contributed by atoms with Crippen LogP contribution in [0, 0.1) is 0 Å². The summed E-state index contributed by atoms with van der Waals surface area (Å²) < 4.78 is 5.55. The van der Waals surface area contributed by atoms with Crippen LogP contribution >= 0.6 is 11.3 Å². The summed E-state index contributed by atoms with van der Waals surface area (Å²) in [4.78, 5) is 25.0. The van der Waals surface area contributed by atoms with E-state index in [-0.39, 0.29) is 0 Å². The molecule has 5 rings (SSSR count). The molecule has 0 saturated heterocycles. The third-order valence-electron chi connectivity index (χ3n) is 5.55. The number of thiophene rings is 1. The van der Waals surface area contributed by atoms with Gasteiger partial charge in [0.1, 0.15) is 28.8 Å². The summed E-state index contributed by atoms with van der Waals surface area (Å²) >= 11 is 1.51. The normalized spacial score (nSPS) is 12.2. The fourth-order valence-electron chi connectivity index (χ4n) is 3.98. The Kier molecular flexibility index (Phi) is 5.66. The zero-order chi connectivity index (χ0) is 22.8.